The third kappa shape index (κ3) is 4.85. The van der Waals surface area contributed by atoms with E-state index in [1.165, 1.54) is 12.1 Å². The van der Waals surface area contributed by atoms with Gasteiger partial charge in [-0.1, -0.05) is 24.3 Å². The van der Waals surface area contributed by atoms with Gasteiger partial charge in [0, 0.05) is 43.7 Å². The van der Waals surface area contributed by atoms with Gasteiger partial charge in [-0.2, -0.15) is 0 Å². The van der Waals surface area contributed by atoms with Crippen molar-refractivity contribution in [3.05, 3.63) is 59.4 Å². The molecule has 0 saturated carbocycles. The minimum Gasteiger partial charge on any atom is -0.483 e. The number of rotatable bonds is 5. The molecule has 2 aliphatic rings. The Morgan fingerprint density at radius 1 is 1.13 bits per heavy atom. The summed E-state index contributed by atoms with van der Waals surface area (Å²) in [6.07, 6.45) is 0.831. The second-order valence-corrected chi connectivity index (χ2v) is 9.37. The average Bonchev–Trinajstić information content (AvgIpc) is 3.04. The molecule has 31 heavy (non-hydrogen) atoms. The minimum absolute atomic E-state index is 0.00470. The van der Waals surface area contributed by atoms with Gasteiger partial charge in [0.2, 0.25) is 0 Å². The number of hydrogen-bond donors (Lipinski definition) is 0. The summed E-state index contributed by atoms with van der Waals surface area (Å²) in [7, 11) is 0. The first-order valence-electron chi connectivity index (χ1n) is 10.9. The fourth-order valence-electron chi connectivity index (χ4n) is 4.51. The maximum absolute atomic E-state index is 13.2. The van der Waals surface area contributed by atoms with E-state index in [1.807, 2.05) is 35.2 Å². The first-order valence-corrected chi connectivity index (χ1v) is 10.9. The molecule has 1 saturated heterocycles. The van der Waals surface area contributed by atoms with Crippen LogP contribution in [0.15, 0.2) is 42.5 Å². The smallest absolute Gasteiger partial charge is 0.260 e. The van der Waals surface area contributed by atoms with Gasteiger partial charge in [0.1, 0.15) is 11.4 Å². The molecule has 0 N–H and O–H groups in total. The highest BCUT2D eigenvalue weighted by Crippen LogP contribution is 2.41. The molecule has 1 amide bonds. The van der Waals surface area contributed by atoms with Crippen LogP contribution in [0.5, 0.6) is 11.5 Å². The molecule has 2 unspecified atom stereocenters. The first-order chi connectivity index (χ1) is 14.7. The number of para-hydroxylation sites is 1. The Morgan fingerprint density at radius 2 is 1.87 bits per heavy atom. The average molecular weight is 427 g/mol. The number of amides is 1. The van der Waals surface area contributed by atoms with Crippen LogP contribution in [0.3, 0.4) is 0 Å². The van der Waals surface area contributed by atoms with Gasteiger partial charge in [-0.05, 0) is 51.5 Å². The predicted molar refractivity (Wildman–Crippen MR) is 118 cm³/mol. The highest BCUT2D eigenvalue weighted by Gasteiger charge is 2.34. The predicted octanol–water partition coefficient (Wildman–Crippen LogP) is 4.04. The van der Waals surface area contributed by atoms with Crippen LogP contribution in [0.2, 0.25) is 0 Å². The van der Waals surface area contributed by atoms with E-state index in [-0.39, 0.29) is 36.0 Å². The summed E-state index contributed by atoms with van der Waals surface area (Å²) in [5, 5.41) is 0. The zero-order chi connectivity index (χ0) is 22.2. The highest BCUT2D eigenvalue weighted by atomic mass is 19.1. The Kier molecular flexibility index (Phi) is 5.93. The number of carbonyl (C=O) groups is 1. The molecule has 166 valence electrons. The molecule has 2 aliphatic heterocycles. The Morgan fingerprint density at radius 3 is 2.61 bits per heavy atom. The third-order valence-electron chi connectivity index (χ3n) is 6.14. The number of nitrogens with zero attached hydrogens (tertiary/aromatic N) is 2. The van der Waals surface area contributed by atoms with E-state index in [0.717, 1.165) is 36.4 Å². The lowest BCUT2D eigenvalue weighted by atomic mass is 10.0. The number of hydrogen-bond acceptors (Lipinski definition) is 4. The van der Waals surface area contributed by atoms with E-state index >= 15 is 0 Å². The summed E-state index contributed by atoms with van der Waals surface area (Å²) in [5.41, 5.74) is 1.94. The Labute approximate surface area is 183 Å². The topological polar surface area (TPSA) is 42.0 Å². The summed E-state index contributed by atoms with van der Waals surface area (Å²) in [6.45, 7) is 10.4. The lowest BCUT2D eigenvalue weighted by Crippen LogP contribution is -2.58. The van der Waals surface area contributed by atoms with Crippen molar-refractivity contribution in [3.8, 4) is 11.5 Å². The monoisotopic (exact) mass is 426 g/mol. The van der Waals surface area contributed by atoms with Crippen molar-refractivity contribution in [2.24, 2.45) is 0 Å². The van der Waals surface area contributed by atoms with Crippen molar-refractivity contribution in [1.29, 1.82) is 0 Å². The number of fused-ring (bicyclic) bond motifs is 1. The minimum atomic E-state index is -0.253. The summed E-state index contributed by atoms with van der Waals surface area (Å²) < 4.78 is 25.1. The maximum atomic E-state index is 13.2. The van der Waals surface area contributed by atoms with Crippen LogP contribution in [0.25, 0.3) is 0 Å². The van der Waals surface area contributed by atoms with Gasteiger partial charge in [0.25, 0.3) is 5.91 Å². The highest BCUT2D eigenvalue weighted by molar-refractivity contribution is 5.78. The normalized spacial score (nSPS) is 22.7. The third-order valence-corrected chi connectivity index (χ3v) is 6.14. The van der Waals surface area contributed by atoms with Crippen LogP contribution >= 0.6 is 0 Å². The summed E-state index contributed by atoms with van der Waals surface area (Å²) in [5.74, 6) is 1.15. The fourth-order valence-corrected chi connectivity index (χ4v) is 4.51. The van der Waals surface area contributed by atoms with E-state index < -0.39 is 0 Å². The van der Waals surface area contributed by atoms with Gasteiger partial charge in [-0.3, -0.25) is 9.69 Å². The van der Waals surface area contributed by atoms with E-state index in [4.69, 9.17) is 9.47 Å². The quantitative estimate of drug-likeness (QED) is 0.724. The molecule has 2 aromatic carbocycles. The van der Waals surface area contributed by atoms with Gasteiger partial charge in [0.05, 0.1) is 0 Å². The molecule has 4 rings (SSSR count). The second kappa shape index (κ2) is 8.50. The molecular weight excluding hydrogens is 395 g/mol. The van der Waals surface area contributed by atoms with E-state index in [9.17, 15) is 9.18 Å². The number of halogens is 1. The molecule has 0 aromatic heterocycles. The standard InChI is InChI=1S/C25H31FN2O3/c1-17-14-28(18(2)13-27(17)15-19-8-10-21(26)11-9-19)23(29)16-30-22-7-5-6-20-12-25(3,4)31-24(20)22/h5-11,17-18H,12-16H2,1-4H3. The van der Waals surface area contributed by atoms with Gasteiger partial charge in [-0.15, -0.1) is 0 Å². The molecule has 0 radical (unpaired) electrons. The molecule has 1 fully saturated rings. The zero-order valence-corrected chi connectivity index (χ0v) is 18.7. The zero-order valence-electron chi connectivity index (χ0n) is 18.7. The van der Waals surface area contributed by atoms with Crippen LogP contribution in [-0.2, 0) is 17.8 Å². The van der Waals surface area contributed by atoms with Crippen LogP contribution in [0, 0.1) is 5.82 Å². The second-order valence-electron chi connectivity index (χ2n) is 9.37. The Hall–Kier alpha value is -2.60. The van der Waals surface area contributed by atoms with Crippen LogP contribution in [0.4, 0.5) is 4.39 Å². The number of piperazine rings is 1. The van der Waals surface area contributed by atoms with E-state index in [0.29, 0.717) is 12.3 Å². The van der Waals surface area contributed by atoms with Crippen molar-refractivity contribution in [3.63, 3.8) is 0 Å². The van der Waals surface area contributed by atoms with Gasteiger partial charge in [0.15, 0.2) is 18.1 Å². The van der Waals surface area contributed by atoms with Crippen molar-refractivity contribution in [2.75, 3.05) is 19.7 Å². The summed E-state index contributed by atoms with van der Waals surface area (Å²) >= 11 is 0. The van der Waals surface area contributed by atoms with Gasteiger partial charge >= 0.3 is 0 Å². The maximum Gasteiger partial charge on any atom is 0.260 e. The van der Waals surface area contributed by atoms with Crippen LogP contribution < -0.4 is 9.47 Å². The molecule has 5 nitrogen and oxygen atoms in total. The number of carbonyl (C=O) groups excluding carboxylic acids is 1. The van der Waals surface area contributed by atoms with E-state index in [2.05, 4.69) is 32.6 Å². The molecular formula is C25H31FN2O3. The van der Waals surface area contributed by atoms with Crippen molar-refractivity contribution in [1.82, 2.24) is 9.80 Å². The van der Waals surface area contributed by atoms with E-state index in [1.54, 1.807) is 0 Å². The van der Waals surface area contributed by atoms with Gasteiger partial charge < -0.3 is 14.4 Å². The Bertz CT molecular complexity index is 944. The molecule has 2 atom stereocenters. The summed E-state index contributed by atoms with van der Waals surface area (Å²) in [4.78, 5) is 17.2. The largest absolute Gasteiger partial charge is 0.483 e. The summed E-state index contributed by atoms with van der Waals surface area (Å²) in [6, 6.07) is 12.8. The molecule has 0 spiro atoms. The Balaban J connectivity index is 1.35. The van der Waals surface area contributed by atoms with Crippen molar-refractivity contribution < 1.29 is 18.7 Å². The fraction of sp³-hybridized carbons (Fsp3) is 0.480. The number of benzene rings is 2. The SMILES string of the molecule is CC1CN(C(=O)COc2cccc3c2OC(C)(C)C3)C(C)CN1Cc1ccc(F)cc1. The molecule has 0 aliphatic carbocycles. The van der Waals surface area contributed by atoms with Gasteiger partial charge in [-0.25, -0.2) is 4.39 Å². The molecule has 6 heteroatoms. The van der Waals surface area contributed by atoms with Crippen molar-refractivity contribution >= 4 is 5.91 Å². The molecule has 2 aromatic rings. The van der Waals surface area contributed by atoms with Crippen LogP contribution in [-0.4, -0.2) is 53.1 Å². The molecule has 2 heterocycles. The van der Waals surface area contributed by atoms with Crippen molar-refractivity contribution in [2.45, 2.75) is 58.3 Å². The lowest BCUT2D eigenvalue weighted by Gasteiger charge is -2.44. The molecule has 0 bridgehead atoms. The van der Waals surface area contributed by atoms with Crippen LogP contribution in [0.1, 0.15) is 38.8 Å². The first kappa shape index (κ1) is 21.6. The number of ether oxygens (including phenoxy) is 2. The lowest BCUT2D eigenvalue weighted by molar-refractivity contribution is -0.139.